The average Bonchev–Trinajstić information content (AvgIpc) is 2.93. The topological polar surface area (TPSA) is 125 Å². The van der Waals surface area contributed by atoms with Crippen LogP contribution in [0.4, 0.5) is 11.4 Å². The fourth-order valence-corrected chi connectivity index (χ4v) is 2.57. The third-order valence-corrected chi connectivity index (χ3v) is 4.30. The van der Waals surface area contributed by atoms with E-state index in [0.29, 0.717) is 24.6 Å². The number of hydrogen-bond donors (Lipinski definition) is 2. The molecule has 0 aliphatic heterocycles. The third kappa shape index (κ3) is 11.9. The molecule has 2 aromatic carbocycles. The molecule has 0 saturated heterocycles. The molecule has 0 radical (unpaired) electrons. The summed E-state index contributed by atoms with van der Waals surface area (Å²) in [6, 6.07) is 23.8. The number of carboxylic acid groups (broad SMARTS) is 2. The molecule has 0 atom stereocenters. The number of carbonyl (C=O) groups is 2. The van der Waals surface area contributed by atoms with Crippen LogP contribution in [0.15, 0.2) is 107 Å². The molecule has 0 bridgehead atoms. The second-order valence-electron chi connectivity index (χ2n) is 6.78. The van der Waals surface area contributed by atoms with E-state index < -0.39 is 11.9 Å². The van der Waals surface area contributed by atoms with Crippen LogP contribution in [0.3, 0.4) is 0 Å². The van der Waals surface area contributed by atoms with Crippen molar-refractivity contribution in [3.8, 4) is 0 Å². The van der Waals surface area contributed by atoms with E-state index >= 15 is 0 Å². The fourth-order valence-electron chi connectivity index (χ4n) is 2.57. The van der Waals surface area contributed by atoms with Crippen molar-refractivity contribution < 1.29 is 33.0 Å². The van der Waals surface area contributed by atoms with Gasteiger partial charge in [0.1, 0.15) is 0 Å². The zero-order valence-electron chi connectivity index (χ0n) is 19.0. The minimum atomic E-state index is -0.940. The zero-order valence-corrected chi connectivity index (χ0v) is 23.9. The molecule has 0 aliphatic carbocycles. The van der Waals surface area contributed by atoms with Crippen LogP contribution in [0.2, 0.25) is 0 Å². The number of hydrogen-bond acceptors (Lipinski definition) is 6. The molecule has 8 nitrogen and oxygen atoms in total. The van der Waals surface area contributed by atoms with Crippen molar-refractivity contribution in [2.24, 2.45) is 9.98 Å². The van der Waals surface area contributed by atoms with Gasteiger partial charge in [-0.15, -0.1) is 0 Å². The van der Waals surface area contributed by atoms with Crippen LogP contribution in [-0.2, 0) is 13.2 Å². The SMILES string of the molecule is O=C(O)c1ccc(N=Cc2ccccn2)cc1.O=C(O)c1ccc(N=Cc2ccccn2)cc1.[Br][Ru][Br]. The molecule has 0 spiro atoms. The van der Waals surface area contributed by atoms with Gasteiger partial charge in [-0.1, -0.05) is 12.1 Å². The summed E-state index contributed by atoms with van der Waals surface area (Å²) in [5.74, 6) is -1.88. The van der Waals surface area contributed by atoms with Gasteiger partial charge in [-0.2, -0.15) is 0 Å². The van der Waals surface area contributed by atoms with E-state index in [1.54, 1.807) is 49.1 Å². The summed E-state index contributed by atoms with van der Waals surface area (Å²) in [5.41, 5.74) is 3.41. The van der Waals surface area contributed by atoms with Gasteiger partial charge in [0.2, 0.25) is 0 Å². The fraction of sp³-hybridized carbons (Fsp3) is 0. The number of pyridine rings is 2. The van der Waals surface area contributed by atoms with Gasteiger partial charge in [-0.05, 0) is 72.8 Å². The predicted molar refractivity (Wildman–Crippen MR) is 148 cm³/mol. The Kier molecular flexibility index (Phi) is 13.8. The van der Waals surface area contributed by atoms with Crippen LogP contribution in [0, 0.1) is 0 Å². The zero-order chi connectivity index (χ0) is 26.9. The monoisotopic (exact) mass is 712 g/mol. The van der Waals surface area contributed by atoms with Gasteiger partial charge in [0.05, 0.1) is 46.3 Å². The number of benzene rings is 2. The normalized spacial score (nSPS) is 10.3. The van der Waals surface area contributed by atoms with Gasteiger partial charge in [0.15, 0.2) is 0 Å². The van der Waals surface area contributed by atoms with Crippen LogP contribution < -0.4 is 0 Å². The first kappa shape index (κ1) is 29.8. The summed E-state index contributed by atoms with van der Waals surface area (Å²) >= 11 is 6.64. The van der Waals surface area contributed by atoms with Crippen LogP contribution in [0.1, 0.15) is 32.1 Å². The number of aromatic nitrogens is 2. The molecule has 11 heteroatoms. The van der Waals surface area contributed by atoms with Crippen LogP contribution >= 0.6 is 27.2 Å². The molecule has 0 unspecified atom stereocenters. The maximum absolute atomic E-state index is 10.6. The molecule has 0 aliphatic rings. The number of halogens is 2. The summed E-state index contributed by atoms with van der Waals surface area (Å²) in [6.07, 6.45) is 6.65. The van der Waals surface area contributed by atoms with E-state index in [9.17, 15) is 9.59 Å². The van der Waals surface area contributed by atoms with E-state index in [2.05, 4.69) is 47.2 Å². The molecule has 37 heavy (non-hydrogen) atoms. The quantitative estimate of drug-likeness (QED) is 0.168. The summed E-state index contributed by atoms with van der Waals surface area (Å²) in [7, 11) is 0. The molecule has 190 valence electrons. The van der Waals surface area contributed by atoms with Crippen molar-refractivity contribution >= 4 is 63.0 Å². The molecule has 0 fully saturated rings. The molecule has 4 rings (SSSR count). The van der Waals surface area contributed by atoms with Crippen molar-refractivity contribution in [1.29, 1.82) is 0 Å². The Balaban J connectivity index is 0.000000235. The summed E-state index contributed by atoms with van der Waals surface area (Å²) in [4.78, 5) is 37.9. The first-order valence-corrected chi connectivity index (χ1v) is 18.3. The van der Waals surface area contributed by atoms with E-state index in [1.165, 1.54) is 24.3 Å². The molecular formula is C26H20Br2N4O4Ru. The van der Waals surface area contributed by atoms with Crippen molar-refractivity contribution in [3.05, 3.63) is 120 Å². The van der Waals surface area contributed by atoms with Gasteiger partial charge in [-0.3, -0.25) is 20.0 Å². The van der Waals surface area contributed by atoms with Crippen molar-refractivity contribution in [1.82, 2.24) is 9.97 Å². The van der Waals surface area contributed by atoms with E-state index in [0.717, 1.165) is 11.4 Å². The molecule has 2 N–H and O–H groups in total. The molecule has 4 aromatic rings. The number of aromatic carboxylic acids is 2. The second kappa shape index (κ2) is 17.1. The second-order valence-corrected chi connectivity index (χ2v) is 14.8. The molecule has 0 saturated carbocycles. The van der Waals surface area contributed by atoms with Gasteiger partial charge in [0, 0.05) is 12.4 Å². The molecular weight excluding hydrogens is 693 g/mol. The maximum atomic E-state index is 10.6. The van der Waals surface area contributed by atoms with Crippen LogP contribution in [0.5, 0.6) is 0 Å². The van der Waals surface area contributed by atoms with Crippen molar-refractivity contribution in [2.45, 2.75) is 0 Å². The third-order valence-electron chi connectivity index (χ3n) is 4.30. The average molecular weight is 713 g/mol. The van der Waals surface area contributed by atoms with Crippen molar-refractivity contribution in [3.63, 3.8) is 0 Å². The Bertz CT molecular complexity index is 1200. The summed E-state index contributed by atoms with van der Waals surface area (Å²) < 4.78 is 0. The van der Waals surface area contributed by atoms with Gasteiger partial charge >= 0.3 is 52.4 Å². The van der Waals surface area contributed by atoms with E-state index in [4.69, 9.17) is 10.2 Å². The molecule has 2 aromatic heterocycles. The Hall–Kier alpha value is -3.40. The number of aliphatic imine (C=N–C) groups is 2. The first-order chi connectivity index (χ1) is 17.9. The standard InChI is InChI=1S/2C13H10N2O2.2BrH.Ru/c2*16-13(17)10-4-6-11(7-5-10)15-9-12-3-1-2-8-14-12;;;/h2*1-9H,(H,16,17);2*1H;/q;;;;+2/p-2. The Morgan fingerprint density at radius 1 is 0.649 bits per heavy atom. The van der Waals surface area contributed by atoms with E-state index in [-0.39, 0.29) is 11.1 Å². The van der Waals surface area contributed by atoms with E-state index in [1.807, 2.05) is 36.4 Å². The van der Waals surface area contributed by atoms with Gasteiger partial charge in [0.25, 0.3) is 0 Å². The van der Waals surface area contributed by atoms with Crippen LogP contribution in [0.25, 0.3) is 0 Å². The molecule has 2 heterocycles. The Labute approximate surface area is 234 Å². The van der Waals surface area contributed by atoms with Gasteiger partial charge < -0.3 is 10.2 Å². The number of carboxylic acids is 2. The number of rotatable bonds is 6. The number of nitrogens with zero attached hydrogens (tertiary/aromatic N) is 4. The first-order valence-electron chi connectivity index (χ1n) is 10.3. The predicted octanol–water partition coefficient (Wildman–Crippen LogP) is 6.75. The van der Waals surface area contributed by atoms with Crippen molar-refractivity contribution in [2.75, 3.05) is 0 Å². The van der Waals surface area contributed by atoms with Gasteiger partial charge in [-0.25, -0.2) is 9.59 Å². The summed E-state index contributed by atoms with van der Waals surface area (Å²) in [6.45, 7) is 0. The molecule has 0 amide bonds. The Morgan fingerprint density at radius 3 is 1.27 bits per heavy atom. The minimum absolute atomic E-state index is 0.252. The van der Waals surface area contributed by atoms with Crippen LogP contribution in [-0.4, -0.2) is 44.5 Å². The Morgan fingerprint density at radius 2 is 1.00 bits per heavy atom. The summed E-state index contributed by atoms with van der Waals surface area (Å²) in [5, 5.41) is 17.5.